The molecule has 0 spiro atoms. The van der Waals surface area contributed by atoms with Gasteiger partial charge in [0.05, 0.1) is 5.69 Å². The lowest BCUT2D eigenvalue weighted by molar-refractivity contribution is -0.148. The maximum absolute atomic E-state index is 13.0. The summed E-state index contributed by atoms with van der Waals surface area (Å²) in [5.74, 6) is -0.627. The standard InChI is InChI=1S/C10H12F4N2.ClH/c11-7-5-6(1-3-8(7)15)2-4-9(16)10(12,13)14;/h1,3,5,9H,2,4,15-16H2;1H. The van der Waals surface area contributed by atoms with Crippen LogP contribution in [-0.2, 0) is 6.42 Å². The highest BCUT2D eigenvalue weighted by atomic mass is 35.5. The maximum atomic E-state index is 13.0. The Hall–Kier alpha value is -1.01. The Labute approximate surface area is 102 Å². The molecule has 0 aliphatic carbocycles. The first kappa shape index (κ1) is 16.0. The van der Waals surface area contributed by atoms with Crippen LogP contribution >= 0.6 is 12.4 Å². The quantitative estimate of drug-likeness (QED) is 0.656. The summed E-state index contributed by atoms with van der Waals surface area (Å²) in [6, 6.07) is 2.05. The second-order valence-corrected chi connectivity index (χ2v) is 3.54. The summed E-state index contributed by atoms with van der Waals surface area (Å²) >= 11 is 0. The van der Waals surface area contributed by atoms with Crippen molar-refractivity contribution in [2.24, 2.45) is 5.73 Å². The molecule has 17 heavy (non-hydrogen) atoms. The van der Waals surface area contributed by atoms with Crippen molar-refractivity contribution < 1.29 is 17.6 Å². The lowest BCUT2D eigenvalue weighted by Gasteiger charge is -2.15. The van der Waals surface area contributed by atoms with Crippen LogP contribution in [0.3, 0.4) is 0 Å². The van der Waals surface area contributed by atoms with Gasteiger partial charge >= 0.3 is 6.18 Å². The molecule has 1 atom stereocenters. The normalized spacial score (nSPS) is 13.0. The molecule has 0 fully saturated rings. The zero-order valence-corrected chi connectivity index (χ0v) is 9.61. The van der Waals surface area contributed by atoms with Crippen LogP contribution in [0.2, 0.25) is 0 Å². The molecule has 0 aromatic heterocycles. The van der Waals surface area contributed by atoms with Gasteiger partial charge < -0.3 is 11.5 Å². The number of nitrogens with two attached hydrogens (primary N) is 2. The molecule has 1 aromatic rings. The number of benzene rings is 1. The Morgan fingerprint density at radius 3 is 2.29 bits per heavy atom. The number of hydrogen-bond acceptors (Lipinski definition) is 2. The number of rotatable bonds is 3. The first-order valence-corrected chi connectivity index (χ1v) is 4.67. The summed E-state index contributed by atoms with van der Waals surface area (Å²) in [7, 11) is 0. The van der Waals surface area contributed by atoms with Crippen molar-refractivity contribution in [1.29, 1.82) is 0 Å². The van der Waals surface area contributed by atoms with Gasteiger partial charge in [0.1, 0.15) is 11.9 Å². The van der Waals surface area contributed by atoms with E-state index in [1.54, 1.807) is 0 Å². The third kappa shape index (κ3) is 4.79. The van der Waals surface area contributed by atoms with Gasteiger partial charge in [0.2, 0.25) is 0 Å². The summed E-state index contributed by atoms with van der Waals surface area (Å²) in [5.41, 5.74) is 10.6. The average Bonchev–Trinajstić information content (AvgIpc) is 2.18. The molecule has 1 aromatic carbocycles. The Morgan fingerprint density at radius 1 is 1.24 bits per heavy atom. The van der Waals surface area contributed by atoms with E-state index >= 15 is 0 Å². The highest BCUT2D eigenvalue weighted by Crippen LogP contribution is 2.22. The third-order valence-electron chi connectivity index (χ3n) is 2.23. The van der Waals surface area contributed by atoms with Crippen LogP contribution in [0.15, 0.2) is 18.2 Å². The van der Waals surface area contributed by atoms with E-state index < -0.39 is 18.0 Å². The molecule has 0 bridgehead atoms. The fourth-order valence-corrected chi connectivity index (χ4v) is 1.21. The predicted octanol–water partition coefficient (Wildman–Crippen LogP) is 2.65. The molecule has 2 nitrogen and oxygen atoms in total. The van der Waals surface area contributed by atoms with Gasteiger partial charge in [-0.05, 0) is 30.5 Å². The van der Waals surface area contributed by atoms with E-state index in [-0.39, 0.29) is 30.9 Å². The van der Waals surface area contributed by atoms with Crippen molar-refractivity contribution in [3.05, 3.63) is 29.6 Å². The zero-order valence-electron chi connectivity index (χ0n) is 8.80. The summed E-state index contributed by atoms with van der Waals surface area (Å²) < 4.78 is 49.2. The van der Waals surface area contributed by atoms with Gasteiger partial charge in [0.15, 0.2) is 0 Å². The van der Waals surface area contributed by atoms with Crippen LogP contribution in [0.5, 0.6) is 0 Å². The molecule has 98 valence electrons. The first-order chi connectivity index (χ1) is 7.30. The van der Waals surface area contributed by atoms with Crippen molar-refractivity contribution in [1.82, 2.24) is 0 Å². The molecule has 0 aliphatic heterocycles. The highest BCUT2D eigenvalue weighted by Gasteiger charge is 2.35. The molecule has 0 saturated heterocycles. The second-order valence-electron chi connectivity index (χ2n) is 3.54. The fraction of sp³-hybridized carbons (Fsp3) is 0.400. The van der Waals surface area contributed by atoms with E-state index in [1.165, 1.54) is 12.1 Å². The van der Waals surface area contributed by atoms with Gasteiger partial charge in [-0.15, -0.1) is 12.4 Å². The molecule has 0 radical (unpaired) electrons. The zero-order chi connectivity index (χ0) is 12.3. The average molecular weight is 273 g/mol. The van der Waals surface area contributed by atoms with Crippen LogP contribution in [0.25, 0.3) is 0 Å². The molecule has 1 rings (SSSR count). The largest absolute Gasteiger partial charge is 0.403 e. The smallest absolute Gasteiger partial charge is 0.396 e. The van der Waals surface area contributed by atoms with Gasteiger partial charge in [-0.3, -0.25) is 0 Å². The van der Waals surface area contributed by atoms with E-state index in [0.717, 1.165) is 6.07 Å². The number of anilines is 1. The highest BCUT2D eigenvalue weighted by molar-refractivity contribution is 5.85. The van der Waals surface area contributed by atoms with Gasteiger partial charge in [0.25, 0.3) is 0 Å². The van der Waals surface area contributed by atoms with Crippen molar-refractivity contribution in [3.8, 4) is 0 Å². The minimum absolute atomic E-state index is 0. The van der Waals surface area contributed by atoms with Crippen molar-refractivity contribution >= 4 is 18.1 Å². The van der Waals surface area contributed by atoms with Crippen molar-refractivity contribution in [2.45, 2.75) is 25.1 Å². The van der Waals surface area contributed by atoms with Crippen LogP contribution < -0.4 is 11.5 Å². The van der Waals surface area contributed by atoms with Gasteiger partial charge in [-0.1, -0.05) is 6.07 Å². The molecule has 0 saturated carbocycles. The Morgan fingerprint density at radius 2 is 1.82 bits per heavy atom. The molecule has 7 heteroatoms. The van der Waals surface area contributed by atoms with Gasteiger partial charge in [0, 0.05) is 0 Å². The summed E-state index contributed by atoms with van der Waals surface area (Å²) in [6.45, 7) is 0. The Bertz CT molecular complexity index is 368. The van der Waals surface area contributed by atoms with Crippen molar-refractivity contribution in [2.75, 3.05) is 5.73 Å². The van der Waals surface area contributed by atoms with Crippen LogP contribution in [0, 0.1) is 5.82 Å². The maximum Gasteiger partial charge on any atom is 0.403 e. The van der Waals surface area contributed by atoms with E-state index in [1.807, 2.05) is 0 Å². The topological polar surface area (TPSA) is 52.0 Å². The number of hydrogen-bond donors (Lipinski definition) is 2. The fourth-order valence-electron chi connectivity index (χ4n) is 1.21. The monoisotopic (exact) mass is 272 g/mol. The Kier molecular flexibility index (Phi) is 5.71. The third-order valence-corrected chi connectivity index (χ3v) is 2.23. The lowest BCUT2D eigenvalue weighted by Crippen LogP contribution is -2.37. The molecule has 0 heterocycles. The molecule has 0 aliphatic rings. The van der Waals surface area contributed by atoms with E-state index in [4.69, 9.17) is 11.5 Å². The lowest BCUT2D eigenvalue weighted by atomic mass is 10.0. The molecule has 0 amide bonds. The number of alkyl halides is 3. The second kappa shape index (κ2) is 6.07. The van der Waals surface area contributed by atoms with Gasteiger partial charge in [-0.2, -0.15) is 13.2 Å². The van der Waals surface area contributed by atoms with Crippen molar-refractivity contribution in [3.63, 3.8) is 0 Å². The van der Waals surface area contributed by atoms with E-state index in [9.17, 15) is 17.6 Å². The van der Waals surface area contributed by atoms with E-state index in [0.29, 0.717) is 5.56 Å². The number of halogens is 5. The molecular formula is C10H13ClF4N2. The van der Waals surface area contributed by atoms with Crippen LogP contribution in [-0.4, -0.2) is 12.2 Å². The van der Waals surface area contributed by atoms with Gasteiger partial charge in [-0.25, -0.2) is 4.39 Å². The van der Waals surface area contributed by atoms with Crippen LogP contribution in [0.4, 0.5) is 23.2 Å². The van der Waals surface area contributed by atoms with E-state index in [2.05, 4.69) is 0 Å². The summed E-state index contributed by atoms with van der Waals surface area (Å²) in [5, 5.41) is 0. The predicted molar refractivity (Wildman–Crippen MR) is 60.4 cm³/mol. The minimum atomic E-state index is -4.41. The Balaban J connectivity index is 0.00000256. The molecule has 4 N–H and O–H groups in total. The van der Waals surface area contributed by atoms with Crippen LogP contribution in [0.1, 0.15) is 12.0 Å². The summed E-state index contributed by atoms with van der Waals surface area (Å²) in [4.78, 5) is 0. The SMILES string of the molecule is Cl.Nc1ccc(CCC(N)C(F)(F)F)cc1F. The molecule has 1 unspecified atom stereocenters. The number of nitrogen functional groups attached to an aromatic ring is 1. The first-order valence-electron chi connectivity index (χ1n) is 4.67. The minimum Gasteiger partial charge on any atom is -0.396 e. The number of aryl methyl sites for hydroxylation is 1. The molecular weight excluding hydrogens is 260 g/mol. The summed E-state index contributed by atoms with van der Waals surface area (Å²) in [6.07, 6.45) is -4.61.